The van der Waals surface area contributed by atoms with Crippen molar-refractivity contribution in [3.8, 4) is 5.75 Å². The van der Waals surface area contributed by atoms with Crippen LogP contribution in [0.25, 0.3) is 0 Å². The molecule has 126 valence electrons. The minimum Gasteiger partial charge on any atom is -0.495 e. The summed E-state index contributed by atoms with van der Waals surface area (Å²) < 4.78 is 11.0. The van der Waals surface area contributed by atoms with Crippen molar-refractivity contribution in [3.05, 3.63) is 58.6 Å². The van der Waals surface area contributed by atoms with Crippen LogP contribution in [0, 0.1) is 0 Å². The van der Waals surface area contributed by atoms with Gasteiger partial charge in [0, 0.05) is 11.6 Å². The molecule has 4 nitrogen and oxygen atoms in total. The molecular weight excluding hydrogens is 326 g/mol. The second-order valence-electron chi connectivity index (χ2n) is 5.70. The van der Waals surface area contributed by atoms with Crippen LogP contribution < -0.4 is 9.64 Å². The molecule has 2 aromatic rings. The van der Waals surface area contributed by atoms with Crippen molar-refractivity contribution in [1.82, 2.24) is 0 Å². The van der Waals surface area contributed by atoms with Gasteiger partial charge in [0.15, 0.2) is 0 Å². The molecule has 0 fully saturated rings. The third-order valence-electron chi connectivity index (χ3n) is 4.14. The number of halogens is 1. The Hall–Kier alpha value is -2.04. The number of carbonyl (C=O) groups excluding carboxylic acids is 1. The van der Waals surface area contributed by atoms with E-state index < -0.39 is 0 Å². The van der Waals surface area contributed by atoms with Crippen LogP contribution in [0.2, 0.25) is 5.02 Å². The van der Waals surface area contributed by atoms with Crippen molar-refractivity contribution in [3.63, 3.8) is 0 Å². The van der Waals surface area contributed by atoms with Gasteiger partial charge in [0.05, 0.1) is 19.4 Å². The molecule has 3 rings (SSSR count). The van der Waals surface area contributed by atoms with Crippen molar-refractivity contribution >= 4 is 23.2 Å². The van der Waals surface area contributed by atoms with Gasteiger partial charge in [-0.3, -0.25) is 4.79 Å². The molecule has 0 N–H and O–H groups in total. The number of rotatable bonds is 5. The fourth-order valence-corrected chi connectivity index (χ4v) is 3.16. The van der Waals surface area contributed by atoms with Gasteiger partial charge in [0.2, 0.25) is 0 Å². The van der Waals surface area contributed by atoms with Crippen molar-refractivity contribution in [2.24, 2.45) is 0 Å². The number of methoxy groups -OCH3 is 1. The average Bonchev–Trinajstić information content (AvgIpc) is 2.62. The number of fused-ring (bicyclic) bond motifs is 1. The van der Waals surface area contributed by atoms with Gasteiger partial charge < -0.3 is 14.4 Å². The van der Waals surface area contributed by atoms with Crippen LogP contribution in [0.3, 0.4) is 0 Å². The largest absolute Gasteiger partial charge is 0.495 e. The lowest BCUT2D eigenvalue weighted by Gasteiger charge is -2.30. The first-order chi connectivity index (χ1) is 11.7. The van der Waals surface area contributed by atoms with E-state index in [2.05, 4.69) is 0 Å². The predicted molar refractivity (Wildman–Crippen MR) is 94.8 cm³/mol. The smallest absolute Gasteiger partial charge is 0.253 e. The molecular formula is C19H20ClNO3. The molecule has 1 aliphatic heterocycles. The highest BCUT2D eigenvalue weighted by Crippen LogP contribution is 2.36. The molecule has 5 heteroatoms. The van der Waals surface area contributed by atoms with Crippen LogP contribution in [0.15, 0.2) is 42.5 Å². The minimum absolute atomic E-state index is 0.0166. The van der Waals surface area contributed by atoms with Gasteiger partial charge in [-0.05, 0) is 36.1 Å². The molecule has 2 aromatic carbocycles. The van der Waals surface area contributed by atoms with Gasteiger partial charge in [-0.2, -0.15) is 0 Å². The summed E-state index contributed by atoms with van der Waals surface area (Å²) in [7, 11) is 1.63. The summed E-state index contributed by atoms with van der Waals surface area (Å²) in [5, 5.41) is 0.648. The summed E-state index contributed by atoms with van der Waals surface area (Å²) in [6.07, 6.45) is 1.90. The molecule has 0 radical (unpaired) electrons. The number of carbonyl (C=O) groups is 1. The number of aryl methyl sites for hydroxylation is 1. The zero-order valence-corrected chi connectivity index (χ0v) is 14.4. The van der Waals surface area contributed by atoms with Crippen molar-refractivity contribution < 1.29 is 14.3 Å². The SMILES string of the molecule is COc1cccc2c1N(C(=O)COCc1ccccc1Cl)CCC2. The Labute approximate surface area is 146 Å². The van der Waals surface area contributed by atoms with Crippen molar-refractivity contribution in [2.75, 3.05) is 25.2 Å². The molecule has 1 amide bonds. The molecule has 1 aliphatic rings. The number of anilines is 1. The third-order valence-corrected chi connectivity index (χ3v) is 4.51. The van der Waals surface area contributed by atoms with E-state index in [0.29, 0.717) is 18.2 Å². The van der Waals surface area contributed by atoms with Crippen LogP contribution in [0.1, 0.15) is 17.5 Å². The monoisotopic (exact) mass is 345 g/mol. The minimum atomic E-state index is -0.0625. The Bertz CT molecular complexity index is 718. The highest BCUT2D eigenvalue weighted by Gasteiger charge is 2.25. The summed E-state index contributed by atoms with van der Waals surface area (Å²) in [4.78, 5) is 14.4. The average molecular weight is 346 g/mol. The highest BCUT2D eigenvalue weighted by molar-refractivity contribution is 6.31. The number of ether oxygens (including phenoxy) is 2. The molecule has 0 saturated heterocycles. The number of amides is 1. The van der Waals surface area contributed by atoms with E-state index in [1.54, 1.807) is 12.0 Å². The number of nitrogens with zero attached hydrogens (tertiary/aromatic N) is 1. The van der Waals surface area contributed by atoms with E-state index in [4.69, 9.17) is 21.1 Å². The molecule has 24 heavy (non-hydrogen) atoms. The molecule has 0 aliphatic carbocycles. The first-order valence-electron chi connectivity index (χ1n) is 7.98. The van der Waals surface area contributed by atoms with E-state index in [9.17, 15) is 4.79 Å². The van der Waals surface area contributed by atoms with Crippen LogP contribution in [-0.4, -0.2) is 26.2 Å². The number of hydrogen-bond acceptors (Lipinski definition) is 3. The molecule has 0 unspecified atom stereocenters. The summed E-state index contributed by atoms with van der Waals surface area (Å²) in [6.45, 7) is 1.02. The van der Waals surface area contributed by atoms with E-state index in [-0.39, 0.29) is 12.5 Å². The standard InChI is InChI=1S/C19H20ClNO3/c1-23-17-10-4-7-14-8-5-11-21(19(14)17)18(22)13-24-12-15-6-2-3-9-16(15)20/h2-4,6-7,9-10H,5,8,11-13H2,1H3. The molecule has 0 spiro atoms. The van der Waals surface area contributed by atoms with Crippen LogP contribution in [0.4, 0.5) is 5.69 Å². The van der Waals surface area contributed by atoms with E-state index in [1.807, 2.05) is 42.5 Å². The Morgan fingerprint density at radius 1 is 1.21 bits per heavy atom. The van der Waals surface area contributed by atoms with Gasteiger partial charge in [-0.1, -0.05) is 41.9 Å². The Kier molecular flexibility index (Phi) is 5.38. The second kappa shape index (κ2) is 7.69. The second-order valence-corrected chi connectivity index (χ2v) is 6.11. The fourth-order valence-electron chi connectivity index (χ4n) is 2.97. The first kappa shape index (κ1) is 16.8. The maximum Gasteiger partial charge on any atom is 0.253 e. The summed E-state index contributed by atoms with van der Waals surface area (Å²) in [5.41, 5.74) is 2.89. The van der Waals surface area contributed by atoms with Gasteiger partial charge >= 0.3 is 0 Å². The number of hydrogen-bond donors (Lipinski definition) is 0. The summed E-state index contributed by atoms with van der Waals surface area (Å²) in [6, 6.07) is 13.4. The van der Waals surface area contributed by atoms with Crippen LogP contribution in [-0.2, 0) is 22.6 Å². The van der Waals surface area contributed by atoms with Crippen molar-refractivity contribution in [2.45, 2.75) is 19.4 Å². The van der Waals surface area contributed by atoms with E-state index in [0.717, 1.165) is 35.4 Å². The number of para-hydroxylation sites is 1. The van der Waals surface area contributed by atoms with Gasteiger partial charge in [0.1, 0.15) is 12.4 Å². The van der Waals surface area contributed by atoms with Crippen LogP contribution in [0.5, 0.6) is 5.75 Å². The number of benzene rings is 2. The highest BCUT2D eigenvalue weighted by atomic mass is 35.5. The fraction of sp³-hybridized carbons (Fsp3) is 0.316. The lowest BCUT2D eigenvalue weighted by molar-refractivity contribution is -0.123. The van der Waals surface area contributed by atoms with Gasteiger partial charge in [-0.25, -0.2) is 0 Å². The zero-order valence-electron chi connectivity index (χ0n) is 13.6. The van der Waals surface area contributed by atoms with Crippen molar-refractivity contribution in [1.29, 1.82) is 0 Å². The maximum atomic E-state index is 12.6. The topological polar surface area (TPSA) is 38.8 Å². The molecule has 0 aromatic heterocycles. The Balaban J connectivity index is 1.68. The molecule has 1 heterocycles. The Morgan fingerprint density at radius 2 is 2.04 bits per heavy atom. The molecule has 0 bridgehead atoms. The molecule has 0 atom stereocenters. The zero-order chi connectivity index (χ0) is 16.9. The lowest BCUT2D eigenvalue weighted by atomic mass is 10.0. The Morgan fingerprint density at radius 3 is 2.83 bits per heavy atom. The molecule has 0 saturated carbocycles. The van der Waals surface area contributed by atoms with Crippen LogP contribution >= 0.6 is 11.6 Å². The van der Waals surface area contributed by atoms with Gasteiger partial charge in [-0.15, -0.1) is 0 Å². The normalized spacial score (nSPS) is 13.5. The first-order valence-corrected chi connectivity index (χ1v) is 8.36. The van der Waals surface area contributed by atoms with E-state index >= 15 is 0 Å². The van der Waals surface area contributed by atoms with E-state index in [1.165, 1.54) is 0 Å². The summed E-state index contributed by atoms with van der Waals surface area (Å²) >= 11 is 6.10. The summed E-state index contributed by atoms with van der Waals surface area (Å²) in [5.74, 6) is 0.666. The quantitative estimate of drug-likeness (QED) is 0.826. The lowest BCUT2D eigenvalue weighted by Crippen LogP contribution is -2.38. The predicted octanol–water partition coefficient (Wildman–Crippen LogP) is 3.84. The van der Waals surface area contributed by atoms with Gasteiger partial charge in [0.25, 0.3) is 5.91 Å². The maximum absolute atomic E-state index is 12.6. The third kappa shape index (κ3) is 3.55.